The molecule has 72 heavy (non-hydrogen) atoms. The molecule has 27 atom stereocenters. The lowest BCUT2D eigenvalue weighted by Crippen LogP contribution is -2.67. The molecule has 4 saturated heterocycles. The Morgan fingerprint density at radius 1 is 0.667 bits per heavy atom. The Hall–Kier alpha value is -1.77. The van der Waals surface area contributed by atoms with Crippen molar-refractivity contribution in [2.24, 2.45) is 44.8 Å². The van der Waals surface area contributed by atoms with E-state index in [1.165, 1.54) is 19.4 Å². The summed E-state index contributed by atoms with van der Waals surface area (Å²) in [4.78, 5) is 13.0. The normalized spacial score (nSPS) is 54.6. The lowest BCUT2D eigenvalue weighted by Gasteiger charge is -2.71. The monoisotopic (exact) mass is 1030 g/mol. The Balaban J connectivity index is 0.902. The van der Waals surface area contributed by atoms with E-state index < -0.39 is 146 Å². The van der Waals surface area contributed by atoms with Crippen LogP contribution in [0.15, 0.2) is 23.8 Å². The summed E-state index contributed by atoms with van der Waals surface area (Å²) in [5.74, 6) is -0.207. The van der Waals surface area contributed by atoms with Crippen LogP contribution in [-0.4, -0.2) is 198 Å². The van der Waals surface area contributed by atoms with E-state index in [4.69, 9.17) is 37.9 Å². The number of carboxylic acid groups (broad SMARTS) is 1. The smallest absolute Gasteiger partial charge is 0.310 e. The summed E-state index contributed by atoms with van der Waals surface area (Å²) >= 11 is 0. The first-order valence-corrected chi connectivity index (χ1v) is 26.3. The van der Waals surface area contributed by atoms with Gasteiger partial charge in [0.15, 0.2) is 25.2 Å². The van der Waals surface area contributed by atoms with Gasteiger partial charge in [0.05, 0.1) is 36.9 Å². The van der Waals surface area contributed by atoms with Gasteiger partial charge in [-0.2, -0.15) is 0 Å². The summed E-state index contributed by atoms with van der Waals surface area (Å²) in [7, 11) is 0. The SMILES string of the molecule is C=C1CC[C@]2(C(=O)O)CC[C@]3(C)C(=CC[C@@H]4[C@@]5(C)CC[C@H](O[C@H]6OC[C@H](O)[C@H](O)[C@H]6O[C@@H]6O[C@@H](C)[C@H](O)[C@@H](O[C@@H]7O[C@H](CO)[C@@H](O)[C@H](O[C@H]8O[C@H](C)[C@@H](O)[C@H](O)[C@@H]8O)[C@H]7O)[C@H]6O)C(C)(C)[C@@H]5CC[C@]43C)[C@@H]2C1. The number of aliphatic hydroxyl groups excluding tert-OH is 10. The van der Waals surface area contributed by atoms with Crippen LogP contribution in [0.4, 0.5) is 0 Å². The maximum Gasteiger partial charge on any atom is 0.310 e. The minimum atomic E-state index is -1.92. The number of carbonyl (C=O) groups is 1. The molecule has 9 rings (SSSR count). The molecule has 4 saturated carbocycles. The maximum atomic E-state index is 13.0. The average Bonchev–Trinajstić information content (AvgIpc) is 3.32. The number of carboxylic acids is 1. The topological polar surface area (TPSA) is 313 Å². The highest BCUT2D eigenvalue weighted by Crippen LogP contribution is 2.75. The summed E-state index contributed by atoms with van der Waals surface area (Å²) in [5, 5.41) is 120. The summed E-state index contributed by atoms with van der Waals surface area (Å²) in [6, 6.07) is 0. The molecule has 410 valence electrons. The molecule has 20 heteroatoms. The van der Waals surface area contributed by atoms with E-state index in [2.05, 4.69) is 47.3 Å². The lowest BCUT2D eigenvalue weighted by atomic mass is 9.34. The van der Waals surface area contributed by atoms with Crippen LogP contribution in [0.5, 0.6) is 0 Å². The predicted molar refractivity (Wildman–Crippen MR) is 250 cm³/mol. The summed E-state index contributed by atoms with van der Waals surface area (Å²) in [6.07, 6.45) is -20.0. The first-order valence-electron chi connectivity index (χ1n) is 26.3. The van der Waals surface area contributed by atoms with E-state index in [1.807, 2.05) is 0 Å². The lowest BCUT2D eigenvalue weighted by molar-refractivity contribution is -0.390. The third kappa shape index (κ3) is 8.70. The Labute approximate surface area is 421 Å². The van der Waals surface area contributed by atoms with E-state index >= 15 is 0 Å². The van der Waals surface area contributed by atoms with Gasteiger partial charge in [-0.3, -0.25) is 4.79 Å². The van der Waals surface area contributed by atoms with Crippen molar-refractivity contribution in [1.82, 2.24) is 0 Å². The molecule has 20 nitrogen and oxygen atoms in total. The fourth-order valence-electron chi connectivity index (χ4n) is 15.8. The standard InChI is InChI=1S/C52H82O20/c1-22-11-16-52(47(63)64)18-17-50(7)25(26(52)19-22)9-10-30-49(6)14-13-31(48(4,5)29(49)12-15-51(30,50)8)69-46-42(34(57)27(54)21-65-46)72-44-38(61)40(33(56)24(3)67-44)70-45-39(62)41(35(58)28(20-53)68-45)71-43-37(60)36(59)32(55)23(2)66-43/h9,23-24,26-46,53-62H,1,10-21H2,2-8H3,(H,63,64)/t23-,24+,26+,27+,28-,29+,30-,31+,32-,33+,34+,35-,36+,37+,38-,39-,40-,41+,42-,43-,44+,45+,46-,49+,50-,51-,52+/m1/s1. The molecule has 11 N–H and O–H groups in total. The molecular formula is C52H82O20. The third-order valence-electron chi connectivity index (χ3n) is 20.4. The predicted octanol–water partition coefficient (Wildman–Crippen LogP) is 0.755. The van der Waals surface area contributed by atoms with Crippen molar-refractivity contribution in [1.29, 1.82) is 0 Å². The van der Waals surface area contributed by atoms with Crippen LogP contribution in [0.25, 0.3) is 0 Å². The summed E-state index contributed by atoms with van der Waals surface area (Å²) < 4.78 is 48.2. The molecule has 5 aliphatic carbocycles. The van der Waals surface area contributed by atoms with Gasteiger partial charge < -0.3 is 94.1 Å². The zero-order valence-electron chi connectivity index (χ0n) is 42.6. The number of hydrogen-bond donors (Lipinski definition) is 11. The van der Waals surface area contributed by atoms with Crippen LogP contribution in [-0.2, 0) is 42.7 Å². The van der Waals surface area contributed by atoms with Gasteiger partial charge in [0.25, 0.3) is 0 Å². The number of ether oxygens (including phenoxy) is 8. The molecule has 0 aromatic carbocycles. The molecule has 0 bridgehead atoms. The van der Waals surface area contributed by atoms with Crippen LogP contribution in [0.3, 0.4) is 0 Å². The first-order chi connectivity index (χ1) is 33.7. The van der Waals surface area contributed by atoms with E-state index in [0.717, 1.165) is 50.5 Å². The Morgan fingerprint density at radius 3 is 1.93 bits per heavy atom. The third-order valence-corrected chi connectivity index (χ3v) is 20.4. The van der Waals surface area contributed by atoms with Crippen LogP contribution in [0.1, 0.15) is 113 Å². The van der Waals surface area contributed by atoms with Crippen molar-refractivity contribution in [2.45, 2.75) is 235 Å². The molecule has 9 aliphatic rings. The maximum absolute atomic E-state index is 13.0. The van der Waals surface area contributed by atoms with Crippen molar-refractivity contribution in [3.05, 3.63) is 23.8 Å². The summed E-state index contributed by atoms with van der Waals surface area (Å²) in [5.41, 5.74) is 0.935. The molecule has 4 aliphatic heterocycles. The molecule has 0 spiro atoms. The van der Waals surface area contributed by atoms with Gasteiger partial charge in [-0.05, 0) is 112 Å². The largest absolute Gasteiger partial charge is 0.481 e. The van der Waals surface area contributed by atoms with E-state index in [1.54, 1.807) is 0 Å². The van der Waals surface area contributed by atoms with E-state index in [-0.39, 0.29) is 34.7 Å². The molecule has 4 heterocycles. The molecule has 0 unspecified atom stereocenters. The molecule has 0 aromatic heterocycles. The quantitative estimate of drug-likeness (QED) is 0.106. The van der Waals surface area contributed by atoms with Crippen LogP contribution in [0.2, 0.25) is 0 Å². The molecule has 8 fully saturated rings. The van der Waals surface area contributed by atoms with Crippen LogP contribution in [0, 0.1) is 44.8 Å². The number of aliphatic hydroxyl groups is 10. The highest BCUT2D eigenvalue weighted by atomic mass is 16.8. The van der Waals surface area contributed by atoms with Gasteiger partial charge >= 0.3 is 5.97 Å². The first kappa shape index (κ1) is 55.0. The Bertz CT molecular complexity index is 2020. The Morgan fingerprint density at radius 2 is 1.28 bits per heavy atom. The Kier molecular flexibility index (Phi) is 15.2. The fourth-order valence-corrected chi connectivity index (χ4v) is 15.8. The van der Waals surface area contributed by atoms with E-state index in [9.17, 15) is 61.0 Å². The average molecular weight is 1030 g/mol. The molecule has 0 amide bonds. The number of allylic oxidation sites excluding steroid dienone is 3. The number of aliphatic carboxylic acids is 1. The second-order valence-corrected chi connectivity index (χ2v) is 24.4. The highest BCUT2D eigenvalue weighted by Gasteiger charge is 2.69. The van der Waals surface area contributed by atoms with Crippen molar-refractivity contribution >= 4 is 5.97 Å². The van der Waals surface area contributed by atoms with Crippen LogP contribution < -0.4 is 0 Å². The van der Waals surface area contributed by atoms with Gasteiger partial charge in [-0.15, -0.1) is 0 Å². The van der Waals surface area contributed by atoms with Crippen molar-refractivity contribution in [3.8, 4) is 0 Å². The van der Waals surface area contributed by atoms with E-state index in [0.29, 0.717) is 25.2 Å². The van der Waals surface area contributed by atoms with Gasteiger partial charge in [0.2, 0.25) is 0 Å². The van der Waals surface area contributed by atoms with Crippen molar-refractivity contribution in [3.63, 3.8) is 0 Å². The molecule has 0 radical (unpaired) electrons. The minimum absolute atomic E-state index is 0.0519. The fraction of sp³-hybridized carbons (Fsp3) is 0.904. The van der Waals surface area contributed by atoms with Crippen molar-refractivity contribution < 1.29 is 98.9 Å². The molecule has 0 aromatic rings. The van der Waals surface area contributed by atoms with Crippen molar-refractivity contribution in [2.75, 3.05) is 13.2 Å². The zero-order chi connectivity index (χ0) is 52.4. The minimum Gasteiger partial charge on any atom is -0.481 e. The number of rotatable bonds is 10. The summed E-state index contributed by atoms with van der Waals surface area (Å²) in [6.45, 7) is 17.8. The zero-order valence-corrected chi connectivity index (χ0v) is 42.6. The van der Waals surface area contributed by atoms with Gasteiger partial charge in [-0.25, -0.2) is 0 Å². The molecular weight excluding hydrogens is 945 g/mol. The van der Waals surface area contributed by atoms with Gasteiger partial charge in [0, 0.05) is 5.92 Å². The van der Waals surface area contributed by atoms with Crippen LogP contribution >= 0.6 is 0 Å². The number of fused-ring (bicyclic) bond motifs is 7. The second kappa shape index (κ2) is 19.9. The highest BCUT2D eigenvalue weighted by molar-refractivity contribution is 5.77. The number of hydrogen-bond acceptors (Lipinski definition) is 19. The van der Waals surface area contributed by atoms with Gasteiger partial charge in [-0.1, -0.05) is 58.4 Å². The second-order valence-electron chi connectivity index (χ2n) is 24.4. The van der Waals surface area contributed by atoms with Gasteiger partial charge in [0.1, 0.15) is 79.4 Å².